The number of aryl methyl sites for hydroxylation is 1. The molecule has 2 N–H and O–H groups in total. The van der Waals surface area contributed by atoms with Gasteiger partial charge in [0, 0.05) is 18.2 Å². The Bertz CT molecular complexity index is 784. The zero-order valence-corrected chi connectivity index (χ0v) is 17.5. The molecular formula is C23H30N2O4. The highest BCUT2D eigenvalue weighted by Crippen LogP contribution is 2.22. The monoisotopic (exact) mass is 398 g/mol. The number of hydrogen-bond acceptors (Lipinski definition) is 4. The molecule has 6 nitrogen and oxygen atoms in total. The minimum Gasteiger partial charge on any atom is -0.497 e. The van der Waals surface area contributed by atoms with Gasteiger partial charge < -0.3 is 20.1 Å². The summed E-state index contributed by atoms with van der Waals surface area (Å²) in [6.45, 7) is 4.36. The van der Waals surface area contributed by atoms with Crippen molar-refractivity contribution in [2.75, 3.05) is 20.8 Å². The molecule has 0 aliphatic heterocycles. The summed E-state index contributed by atoms with van der Waals surface area (Å²) in [5.41, 5.74) is 1.62. The normalized spacial score (nSPS) is 11.6. The van der Waals surface area contributed by atoms with Crippen LogP contribution in [0, 0.1) is 5.92 Å². The van der Waals surface area contributed by atoms with Gasteiger partial charge in [-0.05, 0) is 36.5 Å². The minimum atomic E-state index is -0.628. The van der Waals surface area contributed by atoms with Crippen molar-refractivity contribution in [3.05, 3.63) is 59.7 Å². The summed E-state index contributed by atoms with van der Waals surface area (Å²) in [7, 11) is 3.05. The van der Waals surface area contributed by atoms with Gasteiger partial charge in [-0.25, -0.2) is 0 Å². The van der Waals surface area contributed by atoms with Crippen molar-refractivity contribution >= 4 is 11.8 Å². The van der Waals surface area contributed by atoms with Gasteiger partial charge in [0.15, 0.2) is 0 Å². The van der Waals surface area contributed by atoms with Crippen molar-refractivity contribution in [2.24, 2.45) is 5.92 Å². The van der Waals surface area contributed by atoms with Gasteiger partial charge in [-0.2, -0.15) is 0 Å². The fraction of sp³-hybridized carbons (Fsp3) is 0.391. The number of methoxy groups -OCH3 is 2. The zero-order chi connectivity index (χ0) is 21.2. The molecule has 29 heavy (non-hydrogen) atoms. The minimum absolute atomic E-state index is 0.0550. The van der Waals surface area contributed by atoms with Gasteiger partial charge in [0.2, 0.25) is 5.91 Å². The van der Waals surface area contributed by atoms with E-state index in [1.807, 2.05) is 32.0 Å². The summed E-state index contributed by atoms with van der Waals surface area (Å²) in [5, 5.41) is 5.76. The third-order valence-corrected chi connectivity index (χ3v) is 4.63. The first-order valence-electron chi connectivity index (χ1n) is 9.80. The lowest BCUT2D eigenvalue weighted by atomic mass is 10.0. The van der Waals surface area contributed by atoms with Crippen LogP contribution in [-0.2, 0) is 11.2 Å². The summed E-state index contributed by atoms with van der Waals surface area (Å²) in [6.07, 6.45) is 1.73. The van der Waals surface area contributed by atoms with Crippen molar-refractivity contribution < 1.29 is 19.1 Å². The van der Waals surface area contributed by atoms with Gasteiger partial charge in [-0.1, -0.05) is 44.2 Å². The molecule has 2 rings (SSSR count). The number of amides is 2. The molecule has 0 fully saturated rings. The van der Waals surface area contributed by atoms with E-state index in [0.717, 1.165) is 12.8 Å². The van der Waals surface area contributed by atoms with Gasteiger partial charge in [0.05, 0.1) is 14.2 Å². The average molecular weight is 399 g/mol. The van der Waals surface area contributed by atoms with E-state index < -0.39 is 6.04 Å². The second-order valence-electron chi connectivity index (χ2n) is 7.18. The molecule has 0 aliphatic carbocycles. The van der Waals surface area contributed by atoms with E-state index in [9.17, 15) is 9.59 Å². The Hall–Kier alpha value is -3.02. The quantitative estimate of drug-likeness (QED) is 0.603. The molecular weight excluding hydrogens is 368 g/mol. The second-order valence-corrected chi connectivity index (χ2v) is 7.18. The van der Waals surface area contributed by atoms with Crippen molar-refractivity contribution in [1.82, 2.24) is 10.6 Å². The van der Waals surface area contributed by atoms with Gasteiger partial charge >= 0.3 is 0 Å². The number of rotatable bonds is 10. The fourth-order valence-corrected chi connectivity index (χ4v) is 2.96. The molecule has 0 saturated heterocycles. The molecule has 0 aliphatic rings. The first kappa shape index (κ1) is 22.3. The van der Waals surface area contributed by atoms with Crippen molar-refractivity contribution in [2.45, 2.75) is 32.7 Å². The van der Waals surface area contributed by atoms with Crippen molar-refractivity contribution in [1.29, 1.82) is 0 Å². The Morgan fingerprint density at radius 1 is 0.966 bits per heavy atom. The SMILES string of the molecule is COc1cc(OC)cc(C(=O)N[C@@H](C(=O)NCCCc2ccccc2)C(C)C)c1. The van der Waals surface area contributed by atoms with Gasteiger partial charge in [-0.15, -0.1) is 0 Å². The summed E-state index contributed by atoms with van der Waals surface area (Å²) in [6, 6.07) is 14.4. The zero-order valence-electron chi connectivity index (χ0n) is 17.5. The molecule has 156 valence electrons. The number of ether oxygens (including phenoxy) is 2. The van der Waals surface area contributed by atoms with Crippen LogP contribution in [0.25, 0.3) is 0 Å². The number of nitrogens with one attached hydrogen (secondary N) is 2. The summed E-state index contributed by atoms with van der Waals surface area (Å²) in [5.74, 6) is 0.444. The Labute approximate surface area is 172 Å². The van der Waals surface area contributed by atoms with Crippen LogP contribution in [0.5, 0.6) is 11.5 Å². The third kappa shape index (κ3) is 6.82. The third-order valence-electron chi connectivity index (χ3n) is 4.63. The molecule has 0 bridgehead atoms. The lowest BCUT2D eigenvalue weighted by Crippen LogP contribution is -2.49. The highest BCUT2D eigenvalue weighted by atomic mass is 16.5. The first-order chi connectivity index (χ1) is 13.9. The standard InChI is InChI=1S/C23H30N2O4/c1-16(2)21(23(27)24-12-8-11-17-9-6-5-7-10-17)25-22(26)18-13-19(28-3)15-20(14-18)29-4/h5-7,9-10,13-16,21H,8,11-12H2,1-4H3,(H,24,27)(H,25,26)/t21-/m1/s1. The van der Waals surface area contributed by atoms with Crippen LogP contribution >= 0.6 is 0 Å². The van der Waals surface area contributed by atoms with Crippen LogP contribution in [0.2, 0.25) is 0 Å². The molecule has 0 spiro atoms. The van der Waals surface area contributed by atoms with Gasteiger partial charge in [0.1, 0.15) is 17.5 Å². The van der Waals surface area contributed by atoms with E-state index in [2.05, 4.69) is 22.8 Å². The molecule has 0 heterocycles. The topological polar surface area (TPSA) is 76.7 Å². The Kier molecular flexibility index (Phi) is 8.52. The van der Waals surface area contributed by atoms with Crippen LogP contribution < -0.4 is 20.1 Å². The van der Waals surface area contributed by atoms with Crippen LogP contribution in [0.4, 0.5) is 0 Å². The first-order valence-corrected chi connectivity index (χ1v) is 9.80. The lowest BCUT2D eigenvalue weighted by molar-refractivity contribution is -0.123. The molecule has 0 aromatic heterocycles. The van der Waals surface area contributed by atoms with Crippen molar-refractivity contribution in [3.63, 3.8) is 0 Å². The molecule has 6 heteroatoms. The predicted molar refractivity (Wildman–Crippen MR) is 113 cm³/mol. The Morgan fingerprint density at radius 3 is 2.14 bits per heavy atom. The van der Waals surface area contributed by atoms with Crippen molar-refractivity contribution in [3.8, 4) is 11.5 Å². The number of carbonyl (C=O) groups excluding carboxylic acids is 2. The smallest absolute Gasteiger partial charge is 0.252 e. The molecule has 0 saturated carbocycles. The molecule has 2 amide bonds. The van der Waals surface area contributed by atoms with Crippen LogP contribution in [0.15, 0.2) is 48.5 Å². The van der Waals surface area contributed by atoms with E-state index in [1.165, 1.54) is 19.8 Å². The highest BCUT2D eigenvalue weighted by molar-refractivity contribution is 5.98. The maximum Gasteiger partial charge on any atom is 0.252 e. The maximum absolute atomic E-state index is 12.7. The van der Waals surface area contributed by atoms with E-state index in [-0.39, 0.29) is 17.7 Å². The molecule has 0 radical (unpaired) electrons. The highest BCUT2D eigenvalue weighted by Gasteiger charge is 2.24. The van der Waals surface area contributed by atoms with Crippen LogP contribution in [0.3, 0.4) is 0 Å². The Morgan fingerprint density at radius 2 is 1.59 bits per heavy atom. The molecule has 1 atom stereocenters. The van der Waals surface area contributed by atoms with E-state index in [4.69, 9.17) is 9.47 Å². The van der Waals surface area contributed by atoms with Gasteiger partial charge in [0.25, 0.3) is 5.91 Å². The van der Waals surface area contributed by atoms with E-state index in [1.54, 1.807) is 18.2 Å². The van der Waals surface area contributed by atoms with Crippen LogP contribution in [-0.4, -0.2) is 38.6 Å². The summed E-state index contributed by atoms with van der Waals surface area (Å²) >= 11 is 0. The van der Waals surface area contributed by atoms with Gasteiger partial charge in [-0.3, -0.25) is 9.59 Å². The Balaban J connectivity index is 1.94. The average Bonchev–Trinajstić information content (AvgIpc) is 2.74. The maximum atomic E-state index is 12.7. The predicted octanol–water partition coefficient (Wildman–Crippen LogP) is 3.21. The van der Waals surface area contributed by atoms with Crippen LogP contribution in [0.1, 0.15) is 36.2 Å². The molecule has 0 unspecified atom stereocenters. The molecule has 2 aromatic rings. The van der Waals surface area contributed by atoms with E-state index >= 15 is 0 Å². The largest absolute Gasteiger partial charge is 0.497 e. The lowest BCUT2D eigenvalue weighted by Gasteiger charge is -2.22. The second kappa shape index (κ2) is 11.1. The molecule has 2 aromatic carbocycles. The van der Waals surface area contributed by atoms with E-state index in [0.29, 0.717) is 23.6 Å². The fourth-order valence-electron chi connectivity index (χ4n) is 2.96. The number of carbonyl (C=O) groups is 2. The number of hydrogen-bond donors (Lipinski definition) is 2. The number of benzene rings is 2. The summed E-state index contributed by atoms with van der Waals surface area (Å²) in [4.78, 5) is 25.3. The summed E-state index contributed by atoms with van der Waals surface area (Å²) < 4.78 is 10.4.